The number of likely N-dealkylation sites (N-methyl/N-ethyl adjacent to an activating group) is 1. The first kappa shape index (κ1) is 18.6. The van der Waals surface area contributed by atoms with Crippen LogP contribution in [0.15, 0.2) is 12.1 Å². The van der Waals surface area contributed by atoms with Gasteiger partial charge in [-0.3, -0.25) is 9.59 Å². The lowest BCUT2D eigenvalue weighted by molar-refractivity contribution is -0.119. The van der Waals surface area contributed by atoms with Gasteiger partial charge >= 0.3 is 0 Å². The molecule has 0 aliphatic rings. The number of primary amides is 2. The number of aryl methyl sites for hydroxylation is 1. The van der Waals surface area contributed by atoms with Crippen LogP contribution in [0.2, 0.25) is 0 Å². The maximum absolute atomic E-state index is 14.4. The van der Waals surface area contributed by atoms with Crippen LogP contribution in [0, 0.1) is 12.7 Å². The molecule has 0 aromatic carbocycles. The van der Waals surface area contributed by atoms with Gasteiger partial charge in [0.15, 0.2) is 11.6 Å². The van der Waals surface area contributed by atoms with Crippen molar-refractivity contribution in [1.29, 1.82) is 0 Å². The van der Waals surface area contributed by atoms with Crippen molar-refractivity contribution in [2.24, 2.45) is 11.5 Å². The van der Waals surface area contributed by atoms with Crippen LogP contribution >= 0.6 is 11.5 Å². The lowest BCUT2D eigenvalue weighted by Crippen LogP contribution is -2.43. The van der Waals surface area contributed by atoms with E-state index in [1.165, 1.54) is 11.9 Å². The quantitative estimate of drug-likeness (QED) is 0.682. The predicted molar refractivity (Wildman–Crippen MR) is 94.5 cm³/mol. The van der Waals surface area contributed by atoms with Gasteiger partial charge in [-0.15, -0.1) is 0 Å². The Hall–Kier alpha value is -2.75. The molecule has 0 radical (unpaired) electrons. The molecule has 8 nitrogen and oxygen atoms in total. The Kier molecular flexibility index (Phi) is 5.52. The summed E-state index contributed by atoms with van der Waals surface area (Å²) in [4.78, 5) is 28.7. The molecule has 2 rings (SSSR count). The molecule has 25 heavy (non-hydrogen) atoms. The maximum Gasteiger partial charge on any atom is 0.252 e. The van der Waals surface area contributed by atoms with Crippen molar-refractivity contribution in [3.05, 3.63) is 29.2 Å². The zero-order valence-corrected chi connectivity index (χ0v) is 14.9. The van der Waals surface area contributed by atoms with Gasteiger partial charge in [-0.25, -0.2) is 9.37 Å². The highest BCUT2D eigenvalue weighted by Crippen LogP contribution is 2.28. The van der Waals surface area contributed by atoms with Gasteiger partial charge in [0.1, 0.15) is 16.9 Å². The van der Waals surface area contributed by atoms with E-state index < -0.39 is 23.7 Å². The maximum atomic E-state index is 14.4. The van der Waals surface area contributed by atoms with E-state index in [0.29, 0.717) is 11.4 Å². The number of carbonyl (C=O) groups is 2. The fourth-order valence-corrected chi connectivity index (χ4v) is 3.02. The molecule has 134 valence electrons. The smallest absolute Gasteiger partial charge is 0.252 e. The molecule has 0 aliphatic carbocycles. The molecule has 5 N–H and O–H groups in total. The average Bonchev–Trinajstić information content (AvgIpc) is 2.93. The van der Waals surface area contributed by atoms with Crippen molar-refractivity contribution in [2.45, 2.75) is 26.3 Å². The first-order chi connectivity index (χ1) is 11.7. The second-order valence-corrected chi connectivity index (χ2v) is 6.25. The summed E-state index contributed by atoms with van der Waals surface area (Å²) in [6, 6.07) is 2.01. The molecule has 0 bridgehead atoms. The highest BCUT2D eigenvalue weighted by atomic mass is 32.1. The van der Waals surface area contributed by atoms with Crippen molar-refractivity contribution < 1.29 is 14.0 Å². The SMILES string of the molecule is CCC(C(N)=O)N(C)c1nc(Nc2cc(C)ns2)c(C(N)=O)cc1F. The Morgan fingerprint density at radius 3 is 2.56 bits per heavy atom. The summed E-state index contributed by atoms with van der Waals surface area (Å²) >= 11 is 1.16. The number of nitrogens with two attached hydrogens (primary N) is 2. The summed E-state index contributed by atoms with van der Waals surface area (Å²) in [6.45, 7) is 3.56. The van der Waals surface area contributed by atoms with Crippen LogP contribution in [0.1, 0.15) is 29.4 Å². The van der Waals surface area contributed by atoms with Crippen molar-refractivity contribution in [2.75, 3.05) is 17.3 Å². The van der Waals surface area contributed by atoms with Gasteiger partial charge in [-0.2, -0.15) is 4.37 Å². The molecule has 2 aromatic rings. The summed E-state index contributed by atoms with van der Waals surface area (Å²) < 4.78 is 18.6. The summed E-state index contributed by atoms with van der Waals surface area (Å²) in [7, 11) is 1.51. The van der Waals surface area contributed by atoms with E-state index in [9.17, 15) is 14.0 Å². The molecule has 2 heterocycles. The number of pyridine rings is 1. The minimum absolute atomic E-state index is 0.0822. The standard InChI is InChI=1S/C15H19FN6O2S/c1-4-10(13(18)24)22(3)15-9(16)6-8(12(17)23)14(20-15)19-11-5-7(2)21-25-11/h5-6,10H,4H2,1-3H3,(H2,17,23)(H2,18,24)(H,19,20). The molecular formula is C15H19FN6O2S. The number of halogens is 1. The van der Waals surface area contributed by atoms with E-state index in [2.05, 4.69) is 14.7 Å². The number of anilines is 3. The second kappa shape index (κ2) is 7.43. The first-order valence-corrected chi connectivity index (χ1v) is 8.24. The molecule has 1 atom stereocenters. The topological polar surface area (TPSA) is 127 Å². The zero-order chi connectivity index (χ0) is 18.7. The van der Waals surface area contributed by atoms with E-state index in [4.69, 9.17) is 11.5 Å². The van der Waals surface area contributed by atoms with Gasteiger partial charge in [0.25, 0.3) is 5.91 Å². The number of aromatic nitrogens is 2. The Morgan fingerprint density at radius 2 is 2.08 bits per heavy atom. The molecule has 2 aromatic heterocycles. The minimum Gasteiger partial charge on any atom is -0.368 e. The molecule has 0 saturated heterocycles. The van der Waals surface area contributed by atoms with Crippen molar-refractivity contribution >= 4 is 40.0 Å². The number of rotatable bonds is 7. The normalized spacial score (nSPS) is 11.8. The molecule has 0 aliphatic heterocycles. The van der Waals surface area contributed by atoms with Crippen molar-refractivity contribution in [3.8, 4) is 0 Å². The van der Waals surface area contributed by atoms with Crippen LogP contribution in [0.5, 0.6) is 0 Å². The van der Waals surface area contributed by atoms with Crippen molar-refractivity contribution in [1.82, 2.24) is 9.36 Å². The molecule has 1 unspecified atom stereocenters. The van der Waals surface area contributed by atoms with Gasteiger partial charge in [-0.05, 0) is 37.0 Å². The molecule has 10 heteroatoms. The largest absolute Gasteiger partial charge is 0.368 e. The van der Waals surface area contributed by atoms with Crippen LogP contribution < -0.4 is 21.7 Å². The van der Waals surface area contributed by atoms with E-state index in [1.54, 1.807) is 13.0 Å². The molecule has 2 amide bonds. The minimum atomic E-state index is -0.828. The summed E-state index contributed by atoms with van der Waals surface area (Å²) in [5, 5.41) is 3.54. The summed E-state index contributed by atoms with van der Waals surface area (Å²) in [5.74, 6) is -2.23. The number of amides is 2. The Morgan fingerprint density at radius 1 is 1.40 bits per heavy atom. The number of hydrogen-bond donors (Lipinski definition) is 3. The Bertz CT molecular complexity index is 809. The average molecular weight is 366 g/mol. The zero-order valence-electron chi connectivity index (χ0n) is 14.0. The Balaban J connectivity index is 2.49. The van der Waals surface area contributed by atoms with E-state index >= 15 is 0 Å². The van der Waals surface area contributed by atoms with Crippen LogP contribution in [-0.4, -0.2) is 34.3 Å². The van der Waals surface area contributed by atoms with Crippen molar-refractivity contribution in [3.63, 3.8) is 0 Å². The molecule has 0 fully saturated rings. The predicted octanol–water partition coefficient (Wildman–Crippen LogP) is 1.53. The third-order valence-electron chi connectivity index (χ3n) is 3.61. The number of carbonyl (C=O) groups excluding carboxylic acids is 2. The fraction of sp³-hybridized carbons (Fsp3) is 0.333. The van der Waals surface area contributed by atoms with Crippen LogP contribution in [0.3, 0.4) is 0 Å². The third-order valence-corrected chi connectivity index (χ3v) is 4.41. The third kappa shape index (κ3) is 4.02. The molecule has 0 spiro atoms. The van der Waals surface area contributed by atoms with Gasteiger partial charge in [0.05, 0.1) is 11.3 Å². The van der Waals surface area contributed by atoms with Gasteiger partial charge < -0.3 is 21.7 Å². The van der Waals surface area contributed by atoms with E-state index in [1.807, 2.05) is 6.92 Å². The van der Waals surface area contributed by atoms with E-state index in [0.717, 1.165) is 23.3 Å². The first-order valence-electron chi connectivity index (χ1n) is 7.47. The second-order valence-electron chi connectivity index (χ2n) is 5.45. The lowest BCUT2D eigenvalue weighted by atomic mass is 10.1. The van der Waals surface area contributed by atoms with Crippen LogP contribution in [0.25, 0.3) is 0 Å². The molecule has 0 saturated carbocycles. The van der Waals surface area contributed by atoms with Gasteiger partial charge in [-0.1, -0.05) is 6.92 Å². The Labute approximate surface area is 148 Å². The van der Waals surface area contributed by atoms with Crippen LogP contribution in [-0.2, 0) is 4.79 Å². The van der Waals surface area contributed by atoms with Gasteiger partial charge in [0, 0.05) is 7.05 Å². The number of hydrogen-bond acceptors (Lipinski definition) is 7. The van der Waals surface area contributed by atoms with Gasteiger partial charge in [0.2, 0.25) is 5.91 Å². The van der Waals surface area contributed by atoms with E-state index in [-0.39, 0.29) is 17.2 Å². The number of nitrogens with zero attached hydrogens (tertiary/aromatic N) is 3. The highest BCUT2D eigenvalue weighted by Gasteiger charge is 2.25. The fourth-order valence-electron chi connectivity index (χ4n) is 2.36. The summed E-state index contributed by atoms with van der Waals surface area (Å²) in [6.07, 6.45) is 0.376. The summed E-state index contributed by atoms with van der Waals surface area (Å²) in [5.41, 5.74) is 11.3. The lowest BCUT2D eigenvalue weighted by Gasteiger charge is -2.26. The monoisotopic (exact) mass is 366 g/mol. The molecular weight excluding hydrogens is 347 g/mol. The van der Waals surface area contributed by atoms with Crippen LogP contribution in [0.4, 0.5) is 21.0 Å². The number of nitrogens with one attached hydrogen (secondary N) is 1. The highest BCUT2D eigenvalue weighted by molar-refractivity contribution is 7.10.